The molecule has 1 N–H and O–H groups in total. The highest BCUT2D eigenvalue weighted by atomic mass is 16.2. The summed E-state index contributed by atoms with van der Waals surface area (Å²) in [6.45, 7) is 6.14. The molecule has 1 amide bonds. The first-order valence-corrected chi connectivity index (χ1v) is 8.73. The Labute approximate surface area is 153 Å². The quantitative estimate of drug-likeness (QED) is 0.744. The second kappa shape index (κ2) is 6.30. The van der Waals surface area contributed by atoms with Gasteiger partial charge in [-0.1, -0.05) is 30.3 Å². The number of aromatic nitrogens is 1. The van der Waals surface area contributed by atoms with Crippen LogP contribution in [0, 0.1) is 20.8 Å². The fourth-order valence-corrected chi connectivity index (χ4v) is 3.51. The van der Waals surface area contributed by atoms with E-state index >= 15 is 0 Å². The first-order valence-electron chi connectivity index (χ1n) is 8.73. The molecule has 0 saturated carbocycles. The molecular formula is C22H21N3O. The number of nitrogens with one attached hydrogen (secondary N) is 1. The molecule has 0 saturated heterocycles. The van der Waals surface area contributed by atoms with Crippen LogP contribution in [0.3, 0.4) is 0 Å². The number of nitrogens with zero attached hydrogens (tertiary/aromatic N) is 2. The number of amides is 1. The van der Waals surface area contributed by atoms with Gasteiger partial charge < -0.3 is 5.32 Å². The van der Waals surface area contributed by atoms with E-state index in [9.17, 15) is 4.79 Å². The average Bonchev–Trinajstić information content (AvgIpc) is 2.88. The van der Waals surface area contributed by atoms with Crippen molar-refractivity contribution in [2.75, 3.05) is 10.2 Å². The molecule has 26 heavy (non-hydrogen) atoms. The number of hydrogen-bond donors (Lipinski definition) is 1. The Bertz CT molecular complexity index is 959. The Kier molecular flexibility index (Phi) is 3.96. The predicted molar refractivity (Wildman–Crippen MR) is 105 cm³/mol. The number of fused-ring (bicyclic) bond motifs is 1. The van der Waals surface area contributed by atoms with Crippen molar-refractivity contribution in [3.05, 3.63) is 88.6 Å². The van der Waals surface area contributed by atoms with Crippen LogP contribution >= 0.6 is 0 Å². The number of anilines is 2. The minimum Gasteiger partial charge on any atom is -0.361 e. The van der Waals surface area contributed by atoms with E-state index in [1.165, 1.54) is 11.1 Å². The van der Waals surface area contributed by atoms with Crippen LogP contribution in [-0.2, 0) is 0 Å². The van der Waals surface area contributed by atoms with Crippen LogP contribution in [0.4, 0.5) is 11.5 Å². The van der Waals surface area contributed by atoms with Gasteiger partial charge in [-0.25, -0.2) is 4.98 Å². The van der Waals surface area contributed by atoms with Crippen LogP contribution in [0.1, 0.15) is 38.8 Å². The normalized spacial score (nSPS) is 15.9. The summed E-state index contributed by atoms with van der Waals surface area (Å²) < 4.78 is 0. The monoisotopic (exact) mass is 343 g/mol. The smallest absolute Gasteiger partial charge is 0.261 e. The van der Waals surface area contributed by atoms with E-state index in [2.05, 4.69) is 42.3 Å². The zero-order valence-corrected chi connectivity index (χ0v) is 15.2. The Morgan fingerprint density at radius 3 is 2.35 bits per heavy atom. The first kappa shape index (κ1) is 16.3. The molecule has 0 spiro atoms. The predicted octanol–water partition coefficient (Wildman–Crippen LogP) is 4.78. The summed E-state index contributed by atoms with van der Waals surface area (Å²) in [5.41, 5.74) is 6.12. The standard InChI is InChI=1S/C22H21N3O/c1-14-8-9-20(23-13-14)25-21(18-6-4-5-7-19(18)22(25)26)24-17-11-15(2)10-16(3)12-17/h4-13,21,24H,1-3H3/t21-/m0/s1. The van der Waals surface area contributed by atoms with Crippen molar-refractivity contribution in [1.29, 1.82) is 0 Å². The van der Waals surface area contributed by atoms with Crippen molar-refractivity contribution in [1.82, 2.24) is 4.98 Å². The summed E-state index contributed by atoms with van der Waals surface area (Å²) in [6.07, 6.45) is 1.51. The topological polar surface area (TPSA) is 45.2 Å². The zero-order valence-electron chi connectivity index (χ0n) is 15.2. The molecule has 0 radical (unpaired) electrons. The molecular weight excluding hydrogens is 322 g/mol. The van der Waals surface area contributed by atoms with Gasteiger partial charge in [-0.05, 0) is 61.7 Å². The van der Waals surface area contributed by atoms with Gasteiger partial charge in [0.1, 0.15) is 12.0 Å². The van der Waals surface area contributed by atoms with Crippen LogP contribution in [0.5, 0.6) is 0 Å². The molecule has 1 aliphatic rings. The van der Waals surface area contributed by atoms with Gasteiger partial charge in [0, 0.05) is 23.0 Å². The number of carbonyl (C=O) groups is 1. The second-order valence-corrected chi connectivity index (χ2v) is 6.88. The molecule has 4 heteroatoms. The van der Waals surface area contributed by atoms with Crippen LogP contribution in [0.2, 0.25) is 0 Å². The van der Waals surface area contributed by atoms with Crippen molar-refractivity contribution in [2.24, 2.45) is 0 Å². The van der Waals surface area contributed by atoms with E-state index in [4.69, 9.17) is 0 Å². The Morgan fingerprint density at radius 1 is 0.923 bits per heavy atom. The highest BCUT2D eigenvalue weighted by Crippen LogP contribution is 2.37. The van der Waals surface area contributed by atoms with E-state index in [1.54, 1.807) is 11.1 Å². The van der Waals surface area contributed by atoms with Gasteiger partial charge in [0.2, 0.25) is 0 Å². The molecule has 0 bridgehead atoms. The number of hydrogen-bond acceptors (Lipinski definition) is 3. The Balaban J connectivity index is 1.79. The van der Waals surface area contributed by atoms with E-state index in [0.29, 0.717) is 5.82 Å². The molecule has 1 atom stereocenters. The molecule has 0 fully saturated rings. The lowest BCUT2D eigenvalue weighted by Crippen LogP contribution is -2.33. The van der Waals surface area contributed by atoms with Crippen LogP contribution in [0.25, 0.3) is 0 Å². The Hall–Kier alpha value is -3.14. The number of rotatable bonds is 3. The van der Waals surface area contributed by atoms with E-state index in [0.717, 1.165) is 22.4 Å². The van der Waals surface area contributed by atoms with Crippen LogP contribution < -0.4 is 10.2 Å². The summed E-state index contributed by atoms with van der Waals surface area (Å²) in [6, 6.07) is 18.0. The van der Waals surface area contributed by atoms with Gasteiger partial charge in [0.25, 0.3) is 5.91 Å². The molecule has 2 aromatic carbocycles. The summed E-state index contributed by atoms with van der Waals surface area (Å²) in [5.74, 6) is 0.623. The molecule has 4 rings (SSSR count). The van der Waals surface area contributed by atoms with Crippen molar-refractivity contribution in [3.8, 4) is 0 Å². The minimum atomic E-state index is -0.282. The molecule has 0 unspecified atom stereocenters. The molecule has 1 aliphatic heterocycles. The van der Waals surface area contributed by atoms with Gasteiger partial charge in [-0.15, -0.1) is 0 Å². The third-order valence-corrected chi connectivity index (χ3v) is 4.63. The lowest BCUT2D eigenvalue weighted by atomic mass is 10.1. The highest BCUT2D eigenvalue weighted by Gasteiger charge is 2.38. The molecule has 130 valence electrons. The maximum Gasteiger partial charge on any atom is 0.261 e. The lowest BCUT2D eigenvalue weighted by molar-refractivity contribution is 0.0992. The third kappa shape index (κ3) is 2.84. The summed E-state index contributed by atoms with van der Waals surface area (Å²) in [5, 5.41) is 3.54. The second-order valence-electron chi connectivity index (χ2n) is 6.88. The molecule has 3 aromatic rings. The van der Waals surface area contributed by atoms with Crippen molar-refractivity contribution < 1.29 is 4.79 Å². The molecule has 0 aliphatic carbocycles. The number of pyridine rings is 1. The van der Waals surface area contributed by atoms with Gasteiger partial charge in [-0.3, -0.25) is 9.69 Å². The average molecular weight is 343 g/mol. The number of aryl methyl sites for hydroxylation is 3. The fraction of sp³-hybridized carbons (Fsp3) is 0.182. The maximum absolute atomic E-state index is 13.1. The van der Waals surface area contributed by atoms with E-state index in [-0.39, 0.29) is 12.1 Å². The van der Waals surface area contributed by atoms with Gasteiger partial charge in [0.05, 0.1) is 0 Å². The zero-order chi connectivity index (χ0) is 18.3. The van der Waals surface area contributed by atoms with Gasteiger partial charge in [-0.2, -0.15) is 0 Å². The number of carbonyl (C=O) groups excluding carboxylic acids is 1. The van der Waals surface area contributed by atoms with Gasteiger partial charge >= 0.3 is 0 Å². The largest absolute Gasteiger partial charge is 0.361 e. The maximum atomic E-state index is 13.1. The number of benzene rings is 2. The van der Waals surface area contributed by atoms with E-state index < -0.39 is 0 Å². The summed E-state index contributed by atoms with van der Waals surface area (Å²) in [7, 11) is 0. The molecule has 2 heterocycles. The lowest BCUT2D eigenvalue weighted by Gasteiger charge is -2.26. The van der Waals surface area contributed by atoms with Gasteiger partial charge in [0.15, 0.2) is 0 Å². The SMILES string of the molecule is Cc1ccc(N2C(=O)c3ccccc3[C@H]2Nc2cc(C)cc(C)c2)nc1. The third-order valence-electron chi connectivity index (χ3n) is 4.63. The minimum absolute atomic E-state index is 0.0289. The van der Waals surface area contributed by atoms with Crippen molar-refractivity contribution in [3.63, 3.8) is 0 Å². The molecule has 4 nitrogen and oxygen atoms in total. The van der Waals surface area contributed by atoms with Crippen LogP contribution in [0.15, 0.2) is 60.8 Å². The highest BCUT2D eigenvalue weighted by molar-refractivity contribution is 6.11. The first-order chi connectivity index (χ1) is 12.5. The van der Waals surface area contributed by atoms with Crippen LogP contribution in [-0.4, -0.2) is 10.9 Å². The summed E-state index contributed by atoms with van der Waals surface area (Å²) >= 11 is 0. The molecule has 1 aromatic heterocycles. The Morgan fingerprint density at radius 2 is 1.65 bits per heavy atom. The van der Waals surface area contributed by atoms with E-state index in [1.807, 2.05) is 43.3 Å². The fourth-order valence-electron chi connectivity index (χ4n) is 3.51. The van der Waals surface area contributed by atoms with Crippen molar-refractivity contribution >= 4 is 17.4 Å². The van der Waals surface area contributed by atoms with Crippen molar-refractivity contribution in [2.45, 2.75) is 26.9 Å². The summed E-state index contributed by atoms with van der Waals surface area (Å²) in [4.78, 5) is 19.3.